The number of nitrogens with one attached hydrogen (secondary N) is 2. The van der Waals surface area contributed by atoms with E-state index in [0.29, 0.717) is 6.54 Å². The number of rotatable bonds is 6. The monoisotopic (exact) mass is 311 g/mol. The minimum atomic E-state index is -0.648. The van der Waals surface area contributed by atoms with Crippen molar-refractivity contribution in [1.29, 1.82) is 0 Å². The minimum Gasteiger partial charge on any atom is -0.352 e. The molecule has 3 amide bonds. The number of urea groups is 1. The van der Waals surface area contributed by atoms with Gasteiger partial charge in [-0.25, -0.2) is 4.79 Å². The van der Waals surface area contributed by atoms with Gasteiger partial charge in [0.25, 0.3) is 0 Å². The molecule has 0 unspecified atom stereocenters. The molecule has 4 N–H and O–H groups in total. The standard InChI is InChI=1S/C18H21N3O2/c1-13-7-5-6-10-15(13)12-20-17(22)11-16(21-18(19)23)14-8-3-2-4-9-14/h2-10,16H,11-12H2,1H3,(H,20,22)(H3,19,21,23)/t16-/m0/s1. The second kappa shape index (κ2) is 7.98. The van der Waals surface area contributed by atoms with Crippen molar-refractivity contribution in [3.63, 3.8) is 0 Å². The van der Waals surface area contributed by atoms with Crippen LogP contribution in [0.1, 0.15) is 29.2 Å². The normalized spacial score (nSPS) is 11.5. The maximum absolute atomic E-state index is 12.2. The Kier molecular flexibility index (Phi) is 5.74. The van der Waals surface area contributed by atoms with Gasteiger partial charge in [-0.1, -0.05) is 54.6 Å². The van der Waals surface area contributed by atoms with Crippen molar-refractivity contribution in [2.75, 3.05) is 0 Å². The van der Waals surface area contributed by atoms with Crippen LogP contribution in [0.15, 0.2) is 54.6 Å². The minimum absolute atomic E-state index is 0.138. The first kappa shape index (κ1) is 16.5. The Bertz CT molecular complexity index is 671. The molecule has 0 saturated carbocycles. The molecule has 0 fully saturated rings. The summed E-state index contributed by atoms with van der Waals surface area (Å²) in [5.74, 6) is -0.143. The van der Waals surface area contributed by atoms with Gasteiger partial charge in [0.2, 0.25) is 5.91 Å². The van der Waals surface area contributed by atoms with Crippen LogP contribution in [0.3, 0.4) is 0 Å². The topological polar surface area (TPSA) is 84.2 Å². The molecule has 0 radical (unpaired) electrons. The van der Waals surface area contributed by atoms with Gasteiger partial charge in [0.15, 0.2) is 0 Å². The molecule has 1 atom stereocenters. The van der Waals surface area contributed by atoms with Crippen molar-refractivity contribution in [2.24, 2.45) is 5.73 Å². The largest absolute Gasteiger partial charge is 0.352 e. The Labute approximate surface area is 135 Å². The quantitative estimate of drug-likeness (QED) is 0.765. The highest BCUT2D eigenvalue weighted by molar-refractivity contribution is 5.78. The van der Waals surface area contributed by atoms with Crippen LogP contribution in [0, 0.1) is 6.92 Å². The SMILES string of the molecule is Cc1ccccc1CNC(=O)C[C@H](NC(N)=O)c1ccccc1. The first-order valence-corrected chi connectivity index (χ1v) is 7.48. The summed E-state index contributed by atoms with van der Waals surface area (Å²) in [6.07, 6.45) is 0.138. The Morgan fingerprint density at radius 3 is 2.35 bits per heavy atom. The van der Waals surface area contributed by atoms with Gasteiger partial charge in [0, 0.05) is 6.54 Å². The van der Waals surface area contributed by atoms with E-state index >= 15 is 0 Å². The van der Waals surface area contributed by atoms with Crippen LogP contribution < -0.4 is 16.4 Å². The van der Waals surface area contributed by atoms with Crippen LogP contribution in [0.4, 0.5) is 4.79 Å². The van der Waals surface area contributed by atoms with Crippen LogP contribution in [0.25, 0.3) is 0 Å². The summed E-state index contributed by atoms with van der Waals surface area (Å²) in [6, 6.07) is 16.1. The predicted molar refractivity (Wildman–Crippen MR) is 89.5 cm³/mol. The molecule has 0 saturated heterocycles. The van der Waals surface area contributed by atoms with E-state index in [0.717, 1.165) is 16.7 Å². The third kappa shape index (κ3) is 5.14. The zero-order valence-corrected chi connectivity index (χ0v) is 13.1. The molecule has 2 aromatic carbocycles. The molecule has 5 heteroatoms. The Balaban J connectivity index is 1.98. The summed E-state index contributed by atoms with van der Waals surface area (Å²) in [7, 11) is 0. The lowest BCUT2D eigenvalue weighted by atomic mass is 10.0. The maximum atomic E-state index is 12.2. The van der Waals surface area contributed by atoms with Crippen molar-refractivity contribution in [3.05, 3.63) is 71.3 Å². The van der Waals surface area contributed by atoms with Crippen molar-refractivity contribution in [2.45, 2.75) is 25.9 Å². The summed E-state index contributed by atoms with van der Waals surface area (Å²) < 4.78 is 0. The number of carbonyl (C=O) groups is 2. The lowest BCUT2D eigenvalue weighted by molar-refractivity contribution is -0.121. The van der Waals surface area contributed by atoms with E-state index < -0.39 is 12.1 Å². The van der Waals surface area contributed by atoms with Crippen LogP contribution in [-0.2, 0) is 11.3 Å². The fourth-order valence-electron chi connectivity index (χ4n) is 2.37. The lowest BCUT2D eigenvalue weighted by Gasteiger charge is -2.18. The molecule has 0 aliphatic heterocycles. The van der Waals surface area contributed by atoms with E-state index in [1.807, 2.05) is 61.5 Å². The van der Waals surface area contributed by atoms with Gasteiger partial charge in [-0.2, -0.15) is 0 Å². The van der Waals surface area contributed by atoms with E-state index in [4.69, 9.17) is 5.73 Å². The van der Waals surface area contributed by atoms with Gasteiger partial charge >= 0.3 is 6.03 Å². The highest BCUT2D eigenvalue weighted by atomic mass is 16.2. The Hall–Kier alpha value is -2.82. The molecular formula is C18H21N3O2. The van der Waals surface area contributed by atoms with E-state index in [2.05, 4.69) is 10.6 Å². The van der Waals surface area contributed by atoms with Gasteiger partial charge < -0.3 is 16.4 Å². The van der Waals surface area contributed by atoms with Crippen molar-refractivity contribution < 1.29 is 9.59 Å². The number of hydrogen-bond donors (Lipinski definition) is 3. The zero-order chi connectivity index (χ0) is 16.7. The molecule has 0 bridgehead atoms. The Morgan fingerprint density at radius 2 is 1.70 bits per heavy atom. The summed E-state index contributed by atoms with van der Waals surface area (Å²) in [5.41, 5.74) is 8.25. The molecule has 0 aliphatic carbocycles. The summed E-state index contributed by atoms with van der Waals surface area (Å²) in [4.78, 5) is 23.4. The van der Waals surface area contributed by atoms with E-state index in [-0.39, 0.29) is 12.3 Å². The first-order valence-electron chi connectivity index (χ1n) is 7.48. The summed E-state index contributed by atoms with van der Waals surface area (Å²) >= 11 is 0. The molecule has 120 valence electrons. The van der Waals surface area contributed by atoms with E-state index in [9.17, 15) is 9.59 Å². The smallest absolute Gasteiger partial charge is 0.312 e. The number of nitrogens with two attached hydrogens (primary N) is 1. The number of primary amides is 1. The predicted octanol–water partition coefficient (Wildman–Crippen LogP) is 2.41. The van der Waals surface area contributed by atoms with Gasteiger partial charge in [-0.05, 0) is 23.6 Å². The average Bonchev–Trinajstić information content (AvgIpc) is 2.54. The van der Waals surface area contributed by atoms with Crippen molar-refractivity contribution >= 4 is 11.9 Å². The fraction of sp³-hybridized carbons (Fsp3) is 0.222. The summed E-state index contributed by atoms with van der Waals surface area (Å²) in [5, 5.41) is 5.50. The van der Waals surface area contributed by atoms with Crippen LogP contribution in [0.5, 0.6) is 0 Å². The van der Waals surface area contributed by atoms with Gasteiger partial charge in [-0.3, -0.25) is 4.79 Å². The number of hydrogen-bond acceptors (Lipinski definition) is 2. The van der Waals surface area contributed by atoms with Gasteiger partial charge in [0.1, 0.15) is 0 Å². The number of benzene rings is 2. The number of amides is 3. The van der Waals surface area contributed by atoms with E-state index in [1.165, 1.54) is 0 Å². The second-order valence-corrected chi connectivity index (χ2v) is 5.38. The van der Waals surface area contributed by atoms with Gasteiger partial charge in [-0.15, -0.1) is 0 Å². The molecule has 2 rings (SSSR count). The molecule has 0 spiro atoms. The average molecular weight is 311 g/mol. The highest BCUT2D eigenvalue weighted by Crippen LogP contribution is 2.16. The molecular weight excluding hydrogens is 290 g/mol. The van der Waals surface area contributed by atoms with Crippen LogP contribution >= 0.6 is 0 Å². The number of aryl methyl sites for hydroxylation is 1. The Morgan fingerprint density at radius 1 is 1.04 bits per heavy atom. The van der Waals surface area contributed by atoms with Crippen molar-refractivity contribution in [3.8, 4) is 0 Å². The lowest BCUT2D eigenvalue weighted by Crippen LogP contribution is -2.36. The van der Waals surface area contributed by atoms with E-state index in [1.54, 1.807) is 0 Å². The van der Waals surface area contributed by atoms with Gasteiger partial charge in [0.05, 0.1) is 12.5 Å². The maximum Gasteiger partial charge on any atom is 0.312 e. The fourth-order valence-corrected chi connectivity index (χ4v) is 2.37. The third-order valence-electron chi connectivity index (χ3n) is 3.65. The molecule has 0 aliphatic rings. The molecule has 23 heavy (non-hydrogen) atoms. The first-order chi connectivity index (χ1) is 11.1. The zero-order valence-electron chi connectivity index (χ0n) is 13.1. The van der Waals surface area contributed by atoms with Crippen LogP contribution in [-0.4, -0.2) is 11.9 Å². The molecule has 2 aromatic rings. The number of carbonyl (C=O) groups excluding carboxylic acids is 2. The highest BCUT2D eigenvalue weighted by Gasteiger charge is 2.17. The molecule has 0 heterocycles. The molecule has 5 nitrogen and oxygen atoms in total. The van der Waals surface area contributed by atoms with Crippen LogP contribution in [0.2, 0.25) is 0 Å². The second-order valence-electron chi connectivity index (χ2n) is 5.38. The summed E-state index contributed by atoms with van der Waals surface area (Å²) in [6.45, 7) is 2.46. The van der Waals surface area contributed by atoms with Crippen molar-refractivity contribution in [1.82, 2.24) is 10.6 Å². The third-order valence-corrected chi connectivity index (χ3v) is 3.65. The molecule has 0 aromatic heterocycles.